The van der Waals surface area contributed by atoms with Crippen molar-refractivity contribution in [1.82, 2.24) is 4.90 Å². The molecule has 0 fully saturated rings. The molecule has 6 heteroatoms. The maximum absolute atomic E-state index is 12.7. The van der Waals surface area contributed by atoms with Crippen molar-refractivity contribution >= 4 is 17.7 Å². The second kappa shape index (κ2) is 6.58. The highest BCUT2D eigenvalue weighted by Gasteiger charge is 2.39. The number of para-hydroxylation sites is 1. The van der Waals surface area contributed by atoms with Crippen LogP contribution in [0.5, 0.6) is 0 Å². The van der Waals surface area contributed by atoms with Crippen molar-refractivity contribution < 1.29 is 19.8 Å². The molecule has 6 nitrogen and oxygen atoms in total. The summed E-state index contributed by atoms with van der Waals surface area (Å²) in [4.78, 5) is 27.0. The Hall–Kier alpha value is -2.08. The highest BCUT2D eigenvalue weighted by molar-refractivity contribution is 6.01. The zero-order valence-corrected chi connectivity index (χ0v) is 12.0. The maximum Gasteiger partial charge on any atom is 0.327 e. The topological polar surface area (TPSA) is 81.1 Å². The van der Waals surface area contributed by atoms with E-state index in [-0.39, 0.29) is 19.2 Å². The van der Waals surface area contributed by atoms with Crippen LogP contribution in [0.25, 0.3) is 0 Å². The fraction of sp³-hybridized carbons (Fsp3) is 0.467. The molecule has 2 rings (SSSR count). The van der Waals surface area contributed by atoms with E-state index < -0.39 is 12.0 Å². The van der Waals surface area contributed by atoms with Crippen LogP contribution in [0, 0.1) is 0 Å². The molecule has 0 aliphatic carbocycles. The van der Waals surface area contributed by atoms with Crippen LogP contribution in [0.3, 0.4) is 0 Å². The van der Waals surface area contributed by atoms with Crippen molar-refractivity contribution in [3.63, 3.8) is 0 Å². The first-order valence-electron chi connectivity index (χ1n) is 7.09. The predicted octanol–water partition coefficient (Wildman–Crippen LogP) is 1.33. The van der Waals surface area contributed by atoms with Gasteiger partial charge in [-0.05, 0) is 18.1 Å². The van der Waals surface area contributed by atoms with E-state index in [0.29, 0.717) is 18.7 Å². The number of carboxylic acid groups (broad SMARTS) is 1. The van der Waals surface area contributed by atoms with E-state index in [2.05, 4.69) is 0 Å². The van der Waals surface area contributed by atoms with Crippen LogP contribution < -0.4 is 4.90 Å². The molecule has 1 aliphatic heterocycles. The number of amides is 2. The van der Waals surface area contributed by atoms with E-state index in [9.17, 15) is 14.7 Å². The van der Waals surface area contributed by atoms with Crippen LogP contribution in [-0.4, -0.2) is 52.9 Å². The van der Waals surface area contributed by atoms with E-state index in [4.69, 9.17) is 5.11 Å². The molecular formula is C15H20N2O4. The number of aliphatic carboxylic acids is 1. The predicted molar refractivity (Wildman–Crippen MR) is 78.4 cm³/mol. The molecule has 0 radical (unpaired) electrons. The number of benzene rings is 1. The zero-order chi connectivity index (χ0) is 15.4. The molecule has 1 atom stereocenters. The molecule has 1 unspecified atom stereocenters. The SMILES string of the molecule is CCCN(CCO)C(=O)N1c2ccccc2CC1C(=O)O. The third-order valence-electron chi connectivity index (χ3n) is 3.60. The van der Waals surface area contributed by atoms with Crippen LogP contribution in [0.4, 0.5) is 10.5 Å². The largest absolute Gasteiger partial charge is 0.480 e. The second-order valence-electron chi connectivity index (χ2n) is 5.05. The van der Waals surface area contributed by atoms with Gasteiger partial charge in [-0.3, -0.25) is 4.90 Å². The Morgan fingerprint density at radius 2 is 2.05 bits per heavy atom. The van der Waals surface area contributed by atoms with Gasteiger partial charge in [0.1, 0.15) is 6.04 Å². The lowest BCUT2D eigenvalue weighted by molar-refractivity contribution is -0.138. The average Bonchev–Trinajstić information content (AvgIpc) is 2.86. The third-order valence-corrected chi connectivity index (χ3v) is 3.60. The monoisotopic (exact) mass is 292 g/mol. The number of aliphatic hydroxyl groups excluding tert-OH is 1. The number of carbonyl (C=O) groups is 2. The van der Waals surface area contributed by atoms with E-state index in [0.717, 1.165) is 12.0 Å². The molecule has 1 aliphatic rings. The molecule has 0 saturated carbocycles. The highest BCUT2D eigenvalue weighted by atomic mass is 16.4. The van der Waals surface area contributed by atoms with Crippen molar-refractivity contribution in [2.75, 3.05) is 24.6 Å². The van der Waals surface area contributed by atoms with Crippen molar-refractivity contribution in [1.29, 1.82) is 0 Å². The summed E-state index contributed by atoms with van der Waals surface area (Å²) in [5, 5.41) is 18.5. The van der Waals surface area contributed by atoms with Gasteiger partial charge in [-0.15, -0.1) is 0 Å². The van der Waals surface area contributed by atoms with Gasteiger partial charge in [0.15, 0.2) is 0 Å². The normalized spacial score (nSPS) is 16.7. The molecule has 114 valence electrons. The summed E-state index contributed by atoms with van der Waals surface area (Å²) in [6, 6.07) is 5.99. The number of hydrogen-bond acceptors (Lipinski definition) is 3. The summed E-state index contributed by atoms with van der Waals surface area (Å²) in [5.74, 6) is -1.01. The van der Waals surface area contributed by atoms with E-state index >= 15 is 0 Å². The number of hydrogen-bond donors (Lipinski definition) is 2. The number of carbonyl (C=O) groups excluding carboxylic acids is 1. The van der Waals surface area contributed by atoms with Crippen LogP contribution in [0.2, 0.25) is 0 Å². The van der Waals surface area contributed by atoms with Crippen molar-refractivity contribution in [3.05, 3.63) is 29.8 Å². The molecule has 1 aromatic rings. The lowest BCUT2D eigenvalue weighted by Crippen LogP contribution is -2.50. The molecule has 0 spiro atoms. The third kappa shape index (κ3) is 3.00. The molecule has 1 aromatic carbocycles. The molecular weight excluding hydrogens is 272 g/mol. The van der Waals surface area contributed by atoms with Gasteiger partial charge in [0.05, 0.1) is 6.61 Å². The maximum atomic E-state index is 12.7. The Balaban J connectivity index is 2.33. The van der Waals surface area contributed by atoms with Crippen molar-refractivity contribution in [3.8, 4) is 0 Å². The lowest BCUT2D eigenvalue weighted by atomic mass is 10.1. The van der Waals surface area contributed by atoms with Gasteiger partial charge in [-0.2, -0.15) is 0 Å². The number of rotatable bonds is 5. The summed E-state index contributed by atoms with van der Waals surface area (Å²) >= 11 is 0. The summed E-state index contributed by atoms with van der Waals surface area (Å²) in [6.45, 7) is 2.49. The average molecular weight is 292 g/mol. The van der Waals surface area contributed by atoms with Gasteiger partial charge in [0.2, 0.25) is 0 Å². The summed E-state index contributed by atoms with van der Waals surface area (Å²) < 4.78 is 0. The summed E-state index contributed by atoms with van der Waals surface area (Å²) in [7, 11) is 0. The molecule has 0 bridgehead atoms. The molecule has 0 saturated heterocycles. The highest BCUT2D eigenvalue weighted by Crippen LogP contribution is 2.33. The first-order chi connectivity index (χ1) is 10.1. The van der Waals surface area contributed by atoms with Gasteiger partial charge in [-0.1, -0.05) is 25.1 Å². The van der Waals surface area contributed by atoms with Crippen molar-refractivity contribution in [2.45, 2.75) is 25.8 Å². The fourth-order valence-electron chi connectivity index (χ4n) is 2.67. The van der Waals surface area contributed by atoms with E-state index in [1.807, 2.05) is 19.1 Å². The first kappa shape index (κ1) is 15.3. The van der Waals surface area contributed by atoms with Gasteiger partial charge >= 0.3 is 12.0 Å². The zero-order valence-electron chi connectivity index (χ0n) is 12.0. The molecule has 2 N–H and O–H groups in total. The minimum atomic E-state index is -1.01. The van der Waals surface area contributed by atoms with Crippen LogP contribution in [0.15, 0.2) is 24.3 Å². The quantitative estimate of drug-likeness (QED) is 0.858. The van der Waals surface area contributed by atoms with E-state index in [1.54, 1.807) is 12.1 Å². The number of nitrogens with zero attached hydrogens (tertiary/aromatic N) is 2. The number of fused-ring (bicyclic) bond motifs is 1. The number of aliphatic hydroxyl groups is 1. The Morgan fingerprint density at radius 3 is 2.67 bits per heavy atom. The van der Waals surface area contributed by atoms with E-state index in [1.165, 1.54) is 9.80 Å². The summed E-state index contributed by atoms with van der Waals surface area (Å²) in [6.07, 6.45) is 1.06. The minimum Gasteiger partial charge on any atom is -0.480 e. The Bertz CT molecular complexity index is 526. The lowest BCUT2D eigenvalue weighted by Gasteiger charge is -2.30. The second-order valence-corrected chi connectivity index (χ2v) is 5.05. The minimum absolute atomic E-state index is 0.140. The smallest absolute Gasteiger partial charge is 0.327 e. The fourth-order valence-corrected chi connectivity index (χ4v) is 2.67. The number of carboxylic acids is 1. The first-order valence-corrected chi connectivity index (χ1v) is 7.09. The number of anilines is 1. The van der Waals surface area contributed by atoms with Crippen LogP contribution in [-0.2, 0) is 11.2 Å². The van der Waals surface area contributed by atoms with Gasteiger partial charge in [-0.25, -0.2) is 9.59 Å². The molecule has 1 heterocycles. The molecule has 21 heavy (non-hydrogen) atoms. The molecule has 0 aromatic heterocycles. The Labute approximate surface area is 123 Å². The van der Waals surface area contributed by atoms with Crippen LogP contribution >= 0.6 is 0 Å². The Morgan fingerprint density at radius 1 is 1.33 bits per heavy atom. The standard InChI is InChI=1S/C15H20N2O4/c1-2-7-16(8-9-18)15(21)17-12-6-4-3-5-11(12)10-13(17)14(19)20/h3-6,13,18H,2,7-10H2,1H3,(H,19,20). The van der Waals surface area contributed by atoms with Gasteiger partial charge in [0.25, 0.3) is 0 Å². The Kier molecular flexibility index (Phi) is 4.80. The van der Waals surface area contributed by atoms with Crippen LogP contribution in [0.1, 0.15) is 18.9 Å². The van der Waals surface area contributed by atoms with Gasteiger partial charge < -0.3 is 15.1 Å². The van der Waals surface area contributed by atoms with Gasteiger partial charge in [0, 0.05) is 25.2 Å². The summed E-state index contributed by atoms with van der Waals surface area (Å²) in [5.41, 5.74) is 1.51. The number of urea groups is 1. The van der Waals surface area contributed by atoms with Crippen molar-refractivity contribution in [2.24, 2.45) is 0 Å². The molecule has 2 amide bonds.